The van der Waals surface area contributed by atoms with E-state index in [4.69, 9.17) is 17.3 Å². The lowest BCUT2D eigenvalue weighted by atomic mass is 9.95. The molecule has 0 radical (unpaired) electrons. The van der Waals surface area contributed by atoms with Crippen molar-refractivity contribution in [3.8, 4) is 0 Å². The lowest BCUT2D eigenvalue weighted by Crippen LogP contribution is -2.44. The van der Waals surface area contributed by atoms with Gasteiger partial charge in [-0.15, -0.1) is 26.6 Å². The van der Waals surface area contributed by atoms with Crippen LogP contribution in [0, 0.1) is 6.92 Å². The van der Waals surface area contributed by atoms with Gasteiger partial charge in [-0.25, -0.2) is 4.68 Å². The largest absolute Gasteiger partial charge is 0.369 e. The third-order valence-corrected chi connectivity index (χ3v) is 8.74. The summed E-state index contributed by atoms with van der Waals surface area (Å²) in [6, 6.07) is 5.34. The van der Waals surface area contributed by atoms with Crippen molar-refractivity contribution < 1.29 is 4.79 Å². The van der Waals surface area contributed by atoms with Gasteiger partial charge in [-0.1, -0.05) is 25.4 Å². The van der Waals surface area contributed by atoms with Crippen molar-refractivity contribution in [1.29, 1.82) is 0 Å². The first kappa shape index (κ1) is 24.3. The van der Waals surface area contributed by atoms with Crippen molar-refractivity contribution in [3.63, 3.8) is 0 Å². The van der Waals surface area contributed by atoms with Gasteiger partial charge in [0.05, 0.1) is 16.8 Å². The van der Waals surface area contributed by atoms with E-state index < -0.39 is 5.91 Å². The summed E-state index contributed by atoms with van der Waals surface area (Å²) >= 11 is 7.80. The molecule has 5 rings (SSSR count). The normalized spacial score (nSPS) is 23.3. The zero-order chi connectivity index (χ0) is 24.7. The zero-order valence-electron chi connectivity index (χ0n) is 20.3. The maximum atomic E-state index is 11.6. The minimum Gasteiger partial charge on any atom is -0.369 e. The number of nitrogens with two attached hydrogens (primary N) is 1. The van der Waals surface area contributed by atoms with Gasteiger partial charge in [0.2, 0.25) is 5.91 Å². The molecule has 2 N–H and O–H groups in total. The third-order valence-electron chi connectivity index (χ3n) is 7.41. The number of thiophene rings is 1. The van der Waals surface area contributed by atoms with Crippen molar-refractivity contribution in [1.82, 2.24) is 39.9 Å². The Morgan fingerprint density at radius 2 is 1.91 bits per heavy atom. The number of hydrogen-bond donors (Lipinski definition) is 1. The molecule has 1 amide bonds. The molecule has 12 heteroatoms. The van der Waals surface area contributed by atoms with Crippen LogP contribution in [-0.2, 0) is 11.2 Å². The molecule has 2 bridgehead atoms. The Balaban J connectivity index is 1.33. The maximum absolute atomic E-state index is 11.6. The van der Waals surface area contributed by atoms with Gasteiger partial charge in [0.1, 0.15) is 11.6 Å². The summed E-state index contributed by atoms with van der Waals surface area (Å²) < 4.78 is 4.86. The van der Waals surface area contributed by atoms with E-state index in [0.29, 0.717) is 29.9 Å². The number of aromatic nitrogens is 7. The number of primary amides is 1. The number of carbonyl (C=O) groups excluding carboxylic acids is 1. The molecule has 2 fully saturated rings. The molecule has 2 saturated heterocycles. The van der Waals surface area contributed by atoms with Crippen LogP contribution in [0.2, 0.25) is 4.34 Å². The van der Waals surface area contributed by atoms with E-state index in [-0.39, 0.29) is 12.5 Å². The van der Waals surface area contributed by atoms with Gasteiger partial charge in [-0.2, -0.15) is 0 Å². The first-order chi connectivity index (χ1) is 16.8. The first-order valence-corrected chi connectivity index (χ1v) is 13.5. The van der Waals surface area contributed by atoms with E-state index in [0.717, 1.165) is 46.7 Å². The van der Waals surface area contributed by atoms with Crippen LogP contribution in [0.3, 0.4) is 0 Å². The highest BCUT2D eigenvalue weighted by atomic mass is 35.5. The van der Waals surface area contributed by atoms with Crippen LogP contribution in [0.15, 0.2) is 12.1 Å². The van der Waals surface area contributed by atoms with Gasteiger partial charge < -0.3 is 10.3 Å². The second-order valence-corrected chi connectivity index (χ2v) is 11.8. The quantitative estimate of drug-likeness (QED) is 0.462. The fraction of sp³-hybridized carbons (Fsp3) is 0.652. The Kier molecular flexibility index (Phi) is 6.91. The highest BCUT2D eigenvalue weighted by Gasteiger charge is 2.42. The Morgan fingerprint density at radius 3 is 2.54 bits per heavy atom. The number of aryl methyl sites for hydroxylation is 1. The van der Waals surface area contributed by atoms with Crippen LogP contribution in [-0.4, -0.2) is 64.4 Å². The minimum atomic E-state index is -0.450. The molecule has 0 unspecified atom stereocenters. The fourth-order valence-corrected chi connectivity index (χ4v) is 7.12. The standard InChI is InChI=1S/C23H32ClN9OS/c1-13(2)23-28-26-14(3)32(23)17-10-15-4-5-16(11-17)31(15)9-8-18(19-6-7-20(24)35-19)33-22(12-21(25)34)27-29-30-33/h6-7,13,15-18H,4-5,8-12H2,1-3H3,(H2,25,34)/t15-,16-,18-/m0/s1. The van der Waals surface area contributed by atoms with Gasteiger partial charge in [-0.3, -0.25) is 9.69 Å². The van der Waals surface area contributed by atoms with Gasteiger partial charge >= 0.3 is 0 Å². The summed E-state index contributed by atoms with van der Waals surface area (Å²) in [7, 11) is 0. The van der Waals surface area contributed by atoms with Gasteiger partial charge in [0.15, 0.2) is 5.82 Å². The molecule has 0 saturated carbocycles. The molecule has 2 aliphatic heterocycles. The SMILES string of the molecule is Cc1nnc(C(C)C)n1C1C[C@@H]2CC[C@@H](C1)N2CC[C@@H](c1ccc(Cl)s1)n1nnnc1CC(N)=O. The lowest BCUT2D eigenvalue weighted by molar-refractivity contribution is -0.117. The van der Waals surface area contributed by atoms with E-state index in [1.165, 1.54) is 24.2 Å². The number of carbonyl (C=O) groups is 1. The summed E-state index contributed by atoms with van der Waals surface area (Å²) in [6.45, 7) is 7.37. The highest BCUT2D eigenvalue weighted by molar-refractivity contribution is 7.16. The number of rotatable bonds is 9. The van der Waals surface area contributed by atoms with Crippen LogP contribution in [0.1, 0.15) is 86.3 Å². The summed E-state index contributed by atoms with van der Waals surface area (Å²) in [4.78, 5) is 15.3. The number of hydrogen-bond acceptors (Lipinski definition) is 8. The maximum Gasteiger partial charge on any atom is 0.225 e. The molecule has 35 heavy (non-hydrogen) atoms. The average Bonchev–Trinajstić information content (AvgIpc) is 3.56. The molecule has 0 aliphatic carbocycles. The fourth-order valence-electron chi connectivity index (χ4n) is 5.94. The molecule has 2 aliphatic rings. The predicted octanol–water partition coefficient (Wildman–Crippen LogP) is 3.29. The lowest BCUT2D eigenvalue weighted by Gasteiger charge is -2.40. The highest BCUT2D eigenvalue weighted by Crippen LogP contribution is 2.43. The molecule has 3 aromatic heterocycles. The Morgan fingerprint density at radius 1 is 1.17 bits per heavy atom. The van der Waals surface area contributed by atoms with Crippen molar-refractivity contribution in [3.05, 3.63) is 38.8 Å². The molecule has 3 atom stereocenters. The van der Waals surface area contributed by atoms with Crippen LogP contribution in [0.4, 0.5) is 0 Å². The summed E-state index contributed by atoms with van der Waals surface area (Å²) in [5.41, 5.74) is 5.44. The molecule has 5 heterocycles. The van der Waals surface area contributed by atoms with Crippen LogP contribution < -0.4 is 5.73 Å². The van der Waals surface area contributed by atoms with E-state index in [1.807, 2.05) is 12.1 Å². The molecular formula is C23H32ClN9OS. The van der Waals surface area contributed by atoms with E-state index in [9.17, 15) is 4.79 Å². The molecular weight excluding hydrogens is 486 g/mol. The molecule has 0 aromatic carbocycles. The van der Waals surface area contributed by atoms with E-state index >= 15 is 0 Å². The minimum absolute atomic E-state index is 0.00965. The van der Waals surface area contributed by atoms with Gasteiger partial charge in [-0.05, 0) is 61.6 Å². The molecule has 10 nitrogen and oxygen atoms in total. The van der Waals surface area contributed by atoms with Gasteiger partial charge in [0, 0.05) is 35.5 Å². The number of amides is 1. The average molecular weight is 518 g/mol. The van der Waals surface area contributed by atoms with Crippen LogP contribution in [0.5, 0.6) is 0 Å². The monoisotopic (exact) mass is 517 g/mol. The number of tetrazole rings is 1. The number of piperidine rings is 1. The Hall–Kier alpha value is -2.37. The van der Waals surface area contributed by atoms with E-state index in [1.54, 1.807) is 4.68 Å². The number of halogens is 1. The number of fused-ring (bicyclic) bond motifs is 2. The van der Waals surface area contributed by atoms with Crippen molar-refractivity contribution >= 4 is 28.8 Å². The predicted molar refractivity (Wildman–Crippen MR) is 133 cm³/mol. The van der Waals surface area contributed by atoms with Crippen molar-refractivity contribution in [2.75, 3.05) is 6.54 Å². The Bertz CT molecular complexity index is 1170. The summed E-state index contributed by atoms with van der Waals surface area (Å²) in [6.07, 6.45) is 5.49. The van der Waals surface area contributed by atoms with Crippen LogP contribution in [0.25, 0.3) is 0 Å². The molecule has 3 aromatic rings. The first-order valence-electron chi connectivity index (χ1n) is 12.3. The van der Waals surface area contributed by atoms with Gasteiger partial charge in [0.25, 0.3) is 0 Å². The van der Waals surface area contributed by atoms with Crippen molar-refractivity contribution in [2.24, 2.45) is 5.73 Å². The van der Waals surface area contributed by atoms with Crippen molar-refractivity contribution in [2.45, 2.75) is 89.4 Å². The topological polar surface area (TPSA) is 121 Å². The zero-order valence-corrected chi connectivity index (χ0v) is 21.9. The summed E-state index contributed by atoms with van der Waals surface area (Å²) in [5.74, 6) is 2.50. The summed E-state index contributed by atoms with van der Waals surface area (Å²) in [5, 5.41) is 21.0. The van der Waals surface area contributed by atoms with Crippen LogP contribution >= 0.6 is 22.9 Å². The second kappa shape index (κ2) is 9.94. The molecule has 188 valence electrons. The Labute approximate surface area is 213 Å². The van der Waals surface area contributed by atoms with E-state index in [2.05, 4.69) is 56.0 Å². The second-order valence-electron chi connectivity index (χ2n) is 10.0. The number of nitrogens with zero attached hydrogens (tertiary/aromatic N) is 8. The molecule has 0 spiro atoms. The third kappa shape index (κ3) is 4.85. The smallest absolute Gasteiger partial charge is 0.225 e.